The third-order valence-electron chi connectivity index (χ3n) is 5.35. The number of nitrogens with zero attached hydrogens (tertiary/aromatic N) is 2. The summed E-state index contributed by atoms with van der Waals surface area (Å²) in [5.41, 5.74) is 2.47. The van der Waals surface area contributed by atoms with Crippen LogP contribution >= 0.6 is 0 Å². The maximum atomic E-state index is 5.77. The lowest BCUT2D eigenvalue weighted by Gasteiger charge is -2.28. The molecule has 3 rings (SSSR count). The van der Waals surface area contributed by atoms with Crippen molar-refractivity contribution < 1.29 is 14.2 Å². The fourth-order valence-electron chi connectivity index (χ4n) is 3.67. The molecular formula is C23H31N3O3. The van der Waals surface area contributed by atoms with Gasteiger partial charge in [0.1, 0.15) is 5.75 Å². The summed E-state index contributed by atoms with van der Waals surface area (Å²) in [4.78, 5) is 6.61. The van der Waals surface area contributed by atoms with Crippen LogP contribution in [0.25, 0.3) is 0 Å². The number of aliphatic imine (C=N–C) groups is 1. The van der Waals surface area contributed by atoms with Crippen molar-refractivity contribution in [2.75, 3.05) is 48.0 Å². The van der Waals surface area contributed by atoms with Gasteiger partial charge in [0.15, 0.2) is 17.5 Å². The highest BCUT2D eigenvalue weighted by Gasteiger charge is 2.21. The Morgan fingerprint density at radius 2 is 1.97 bits per heavy atom. The number of hydrogen-bond donors (Lipinski definition) is 1. The van der Waals surface area contributed by atoms with Crippen molar-refractivity contribution in [1.82, 2.24) is 10.2 Å². The van der Waals surface area contributed by atoms with Gasteiger partial charge in [0.05, 0.1) is 20.8 Å². The molecule has 0 saturated carbocycles. The minimum atomic E-state index is 0.427. The predicted molar refractivity (Wildman–Crippen MR) is 117 cm³/mol. The molecule has 1 unspecified atom stereocenters. The number of guanidine groups is 1. The Balaban J connectivity index is 1.56. The van der Waals surface area contributed by atoms with E-state index in [1.807, 2.05) is 31.3 Å². The number of ether oxygens (including phenoxy) is 3. The highest BCUT2D eigenvalue weighted by Crippen LogP contribution is 2.32. The molecule has 29 heavy (non-hydrogen) atoms. The van der Waals surface area contributed by atoms with Crippen molar-refractivity contribution in [1.29, 1.82) is 0 Å². The molecule has 2 aromatic carbocycles. The number of nitrogens with one attached hydrogen (secondary N) is 1. The molecule has 0 radical (unpaired) electrons. The number of fused-ring (bicyclic) bond motifs is 1. The van der Waals surface area contributed by atoms with E-state index in [4.69, 9.17) is 14.2 Å². The van der Waals surface area contributed by atoms with Gasteiger partial charge in [-0.2, -0.15) is 0 Å². The summed E-state index contributed by atoms with van der Waals surface area (Å²) < 4.78 is 16.5. The van der Waals surface area contributed by atoms with Gasteiger partial charge in [0.25, 0.3) is 0 Å². The Labute approximate surface area is 173 Å². The van der Waals surface area contributed by atoms with E-state index in [1.165, 1.54) is 11.1 Å². The van der Waals surface area contributed by atoms with Crippen LogP contribution in [0.4, 0.5) is 0 Å². The average Bonchev–Trinajstić information content (AvgIpc) is 2.77. The maximum Gasteiger partial charge on any atom is 0.193 e. The van der Waals surface area contributed by atoms with Crippen LogP contribution in [0.5, 0.6) is 17.2 Å². The molecule has 1 N–H and O–H groups in total. The van der Waals surface area contributed by atoms with Gasteiger partial charge in [0.2, 0.25) is 0 Å². The number of benzene rings is 2. The first-order valence-electron chi connectivity index (χ1n) is 10.0. The van der Waals surface area contributed by atoms with Crippen LogP contribution in [0.2, 0.25) is 0 Å². The molecule has 156 valence electrons. The van der Waals surface area contributed by atoms with E-state index in [0.29, 0.717) is 5.92 Å². The molecule has 1 aliphatic rings. The smallest absolute Gasteiger partial charge is 0.193 e. The number of methoxy groups -OCH3 is 2. The molecule has 2 aromatic rings. The second-order valence-electron chi connectivity index (χ2n) is 7.16. The van der Waals surface area contributed by atoms with Crippen molar-refractivity contribution in [3.8, 4) is 17.2 Å². The summed E-state index contributed by atoms with van der Waals surface area (Å²) in [5.74, 6) is 3.83. The van der Waals surface area contributed by atoms with Crippen molar-refractivity contribution in [3.05, 3.63) is 53.6 Å². The zero-order chi connectivity index (χ0) is 20.6. The second kappa shape index (κ2) is 10.0. The lowest BCUT2D eigenvalue weighted by atomic mass is 9.93. The van der Waals surface area contributed by atoms with E-state index in [0.717, 1.165) is 55.7 Å². The third-order valence-corrected chi connectivity index (χ3v) is 5.35. The highest BCUT2D eigenvalue weighted by molar-refractivity contribution is 5.79. The molecule has 0 aliphatic carbocycles. The van der Waals surface area contributed by atoms with Crippen LogP contribution in [-0.2, 0) is 6.42 Å². The third kappa shape index (κ3) is 5.13. The van der Waals surface area contributed by atoms with E-state index >= 15 is 0 Å². The van der Waals surface area contributed by atoms with Crippen molar-refractivity contribution in [3.63, 3.8) is 0 Å². The predicted octanol–water partition coefficient (Wildman–Crippen LogP) is 3.32. The second-order valence-corrected chi connectivity index (χ2v) is 7.16. The number of hydrogen-bond acceptors (Lipinski definition) is 4. The Morgan fingerprint density at radius 1 is 1.17 bits per heavy atom. The van der Waals surface area contributed by atoms with Crippen molar-refractivity contribution in [2.45, 2.75) is 18.8 Å². The average molecular weight is 398 g/mol. The summed E-state index contributed by atoms with van der Waals surface area (Å²) in [6.45, 7) is 2.45. The first kappa shape index (κ1) is 20.8. The molecule has 0 fully saturated rings. The van der Waals surface area contributed by atoms with Gasteiger partial charge in [-0.15, -0.1) is 0 Å². The Bertz CT molecular complexity index is 838. The zero-order valence-corrected chi connectivity index (χ0v) is 17.8. The summed E-state index contributed by atoms with van der Waals surface area (Å²) in [5, 5.41) is 3.53. The fourth-order valence-corrected chi connectivity index (χ4v) is 3.67. The maximum absolute atomic E-state index is 5.77. The quantitative estimate of drug-likeness (QED) is 0.574. The van der Waals surface area contributed by atoms with Crippen molar-refractivity contribution >= 4 is 5.96 Å². The fraction of sp³-hybridized carbons (Fsp3) is 0.435. The van der Waals surface area contributed by atoms with Crippen LogP contribution in [0, 0.1) is 0 Å². The van der Waals surface area contributed by atoms with E-state index in [-0.39, 0.29) is 0 Å². The zero-order valence-electron chi connectivity index (χ0n) is 17.8. The first-order valence-corrected chi connectivity index (χ1v) is 10.0. The van der Waals surface area contributed by atoms with Crippen LogP contribution in [0.3, 0.4) is 0 Å². The lowest BCUT2D eigenvalue weighted by Crippen LogP contribution is -2.42. The van der Waals surface area contributed by atoms with Gasteiger partial charge in [-0.05, 0) is 42.2 Å². The van der Waals surface area contributed by atoms with E-state index in [9.17, 15) is 0 Å². The number of likely N-dealkylation sites (N-methyl/N-ethyl adjacent to an activating group) is 1. The summed E-state index contributed by atoms with van der Waals surface area (Å²) in [6.07, 6.45) is 1.90. The molecule has 0 aromatic heterocycles. The normalized spacial score (nSPS) is 15.9. The topological polar surface area (TPSA) is 55.3 Å². The van der Waals surface area contributed by atoms with Gasteiger partial charge < -0.3 is 24.4 Å². The molecule has 0 bridgehead atoms. The van der Waals surface area contributed by atoms with Crippen molar-refractivity contribution in [2.24, 2.45) is 4.99 Å². The van der Waals surface area contributed by atoms with E-state index in [1.54, 1.807) is 14.2 Å². The Hall–Kier alpha value is -2.89. The van der Waals surface area contributed by atoms with Gasteiger partial charge in [-0.25, -0.2) is 0 Å². The molecule has 0 spiro atoms. The minimum Gasteiger partial charge on any atom is -0.493 e. The van der Waals surface area contributed by atoms with Gasteiger partial charge in [0, 0.05) is 33.1 Å². The Morgan fingerprint density at radius 3 is 2.72 bits per heavy atom. The summed E-state index contributed by atoms with van der Waals surface area (Å²) >= 11 is 0. The molecule has 6 heteroatoms. The summed E-state index contributed by atoms with van der Waals surface area (Å²) in [6, 6.07) is 14.4. The lowest BCUT2D eigenvalue weighted by molar-refractivity contribution is 0.266. The van der Waals surface area contributed by atoms with Crippen LogP contribution in [0.15, 0.2) is 47.5 Å². The largest absolute Gasteiger partial charge is 0.493 e. The molecule has 1 heterocycles. The SMILES string of the molecule is CN=C(NCC1CCOc2ccccc21)N(C)CCc1ccc(OC)c(OC)c1. The molecule has 6 nitrogen and oxygen atoms in total. The molecule has 1 aliphatic heterocycles. The summed E-state index contributed by atoms with van der Waals surface area (Å²) in [7, 11) is 7.20. The van der Waals surface area contributed by atoms with Crippen LogP contribution < -0.4 is 19.5 Å². The molecule has 1 atom stereocenters. The first-order chi connectivity index (χ1) is 14.2. The standard InChI is InChI=1S/C23H31N3O3/c1-24-23(25-16-18-12-14-29-20-8-6-5-7-19(18)20)26(2)13-11-17-9-10-21(27-3)22(15-17)28-4/h5-10,15,18H,11-14,16H2,1-4H3,(H,24,25). The number of para-hydroxylation sites is 1. The van der Waals surface area contributed by atoms with Gasteiger partial charge in [-0.1, -0.05) is 24.3 Å². The van der Waals surface area contributed by atoms with Gasteiger partial charge >= 0.3 is 0 Å². The highest BCUT2D eigenvalue weighted by atomic mass is 16.5. The van der Waals surface area contributed by atoms with Gasteiger partial charge in [-0.3, -0.25) is 4.99 Å². The van der Waals surface area contributed by atoms with E-state index < -0.39 is 0 Å². The molecule has 0 amide bonds. The number of rotatable bonds is 7. The molecule has 0 saturated heterocycles. The monoisotopic (exact) mass is 397 g/mol. The van der Waals surface area contributed by atoms with E-state index in [2.05, 4.69) is 40.5 Å². The van der Waals surface area contributed by atoms with Crippen LogP contribution in [0.1, 0.15) is 23.5 Å². The minimum absolute atomic E-state index is 0.427. The molecular weight excluding hydrogens is 366 g/mol. The Kier molecular flexibility index (Phi) is 7.22. The van der Waals surface area contributed by atoms with Crippen LogP contribution in [-0.4, -0.2) is 58.9 Å².